The molecule has 0 aliphatic carbocycles. The second-order valence-electron chi connectivity index (χ2n) is 8.34. The predicted octanol–water partition coefficient (Wildman–Crippen LogP) is 4.84. The largest absolute Gasteiger partial charge is 0.378 e. The van der Waals surface area contributed by atoms with Gasteiger partial charge < -0.3 is 20.4 Å². The topological polar surface area (TPSA) is 73.4 Å². The van der Waals surface area contributed by atoms with Crippen molar-refractivity contribution in [2.45, 2.75) is 26.2 Å². The van der Waals surface area contributed by atoms with Gasteiger partial charge in [0.15, 0.2) is 0 Å². The normalized spacial score (nSPS) is 13.5. The van der Waals surface area contributed by atoms with Crippen LogP contribution in [-0.4, -0.2) is 43.1 Å². The van der Waals surface area contributed by atoms with E-state index in [1.54, 1.807) is 0 Å². The van der Waals surface area contributed by atoms with Crippen LogP contribution in [0.25, 0.3) is 0 Å². The van der Waals surface area contributed by atoms with Gasteiger partial charge in [0.25, 0.3) is 5.91 Å². The molecule has 0 unspecified atom stereocenters. The number of amides is 1. The molecule has 0 bridgehead atoms. The number of carbonyl (C=O) groups is 1. The molecule has 3 aromatic rings. The highest BCUT2D eigenvalue weighted by Crippen LogP contribution is 2.22. The Morgan fingerprint density at radius 3 is 2.38 bits per heavy atom. The van der Waals surface area contributed by atoms with Gasteiger partial charge in [-0.25, -0.2) is 4.98 Å². The molecule has 0 saturated carbocycles. The molecule has 0 atom stereocenters. The average Bonchev–Trinajstić information content (AvgIpc) is 2.80. The maximum absolute atomic E-state index is 12.6. The smallest absolute Gasteiger partial charge is 0.255 e. The van der Waals surface area contributed by atoms with E-state index < -0.39 is 0 Å². The zero-order valence-electron chi connectivity index (χ0n) is 18.9. The van der Waals surface area contributed by atoms with Crippen LogP contribution in [0.1, 0.15) is 35.3 Å². The Kier molecular flexibility index (Phi) is 6.54. The van der Waals surface area contributed by atoms with E-state index in [4.69, 9.17) is 4.98 Å². The van der Waals surface area contributed by atoms with Crippen molar-refractivity contribution in [1.29, 1.82) is 0 Å². The summed E-state index contributed by atoms with van der Waals surface area (Å²) >= 11 is 0. The van der Waals surface area contributed by atoms with Gasteiger partial charge in [-0.1, -0.05) is 6.07 Å². The fourth-order valence-electron chi connectivity index (χ4n) is 3.77. The molecule has 2 N–H and O–H groups in total. The molecule has 4 rings (SSSR count). The predicted molar refractivity (Wildman–Crippen MR) is 131 cm³/mol. The highest BCUT2D eigenvalue weighted by molar-refractivity contribution is 6.04. The minimum Gasteiger partial charge on any atom is -0.378 e. The molecule has 0 radical (unpaired) electrons. The molecular formula is C25H30N6O. The number of piperidine rings is 1. The number of nitrogens with one attached hydrogen (secondary N) is 2. The number of aromatic nitrogens is 2. The van der Waals surface area contributed by atoms with Crippen LogP contribution in [0.2, 0.25) is 0 Å². The summed E-state index contributed by atoms with van der Waals surface area (Å²) in [6.07, 6.45) is 3.65. The van der Waals surface area contributed by atoms with Crippen LogP contribution in [0.15, 0.2) is 54.6 Å². The molecule has 2 heterocycles. The van der Waals surface area contributed by atoms with E-state index in [1.807, 2.05) is 80.5 Å². The maximum Gasteiger partial charge on any atom is 0.255 e. The molecule has 7 heteroatoms. The Bertz CT molecular complexity index is 1070. The van der Waals surface area contributed by atoms with Crippen molar-refractivity contribution in [3.8, 4) is 0 Å². The Morgan fingerprint density at radius 1 is 0.938 bits per heavy atom. The zero-order chi connectivity index (χ0) is 22.5. The number of hydrogen-bond donors (Lipinski definition) is 2. The van der Waals surface area contributed by atoms with Crippen molar-refractivity contribution in [1.82, 2.24) is 9.97 Å². The zero-order valence-corrected chi connectivity index (χ0v) is 18.9. The van der Waals surface area contributed by atoms with Crippen LogP contribution in [0.3, 0.4) is 0 Å². The minimum atomic E-state index is -0.132. The van der Waals surface area contributed by atoms with Crippen molar-refractivity contribution in [2.75, 3.05) is 47.6 Å². The summed E-state index contributed by atoms with van der Waals surface area (Å²) in [7, 11) is 3.91. The standard InChI is InChI=1S/C25H30N6O/c1-18-16-23(29-25(26-18)31-14-5-4-6-15-31)27-20-10-12-21(13-11-20)28-24(32)19-8-7-9-22(17-19)30(2)3/h7-13,16-17H,4-6,14-15H2,1-3H3,(H,28,32)(H,26,27,29). The third kappa shape index (κ3) is 5.35. The molecule has 1 fully saturated rings. The fraction of sp³-hybridized carbons (Fsp3) is 0.320. The Hall–Kier alpha value is -3.61. The molecule has 32 heavy (non-hydrogen) atoms. The monoisotopic (exact) mass is 430 g/mol. The van der Waals surface area contributed by atoms with E-state index in [0.29, 0.717) is 5.56 Å². The first kappa shape index (κ1) is 21.6. The SMILES string of the molecule is Cc1cc(Nc2ccc(NC(=O)c3cccc(N(C)C)c3)cc2)nc(N2CCCCC2)n1. The highest BCUT2D eigenvalue weighted by Gasteiger charge is 2.15. The minimum absolute atomic E-state index is 0.132. The summed E-state index contributed by atoms with van der Waals surface area (Å²) in [6, 6.07) is 17.1. The summed E-state index contributed by atoms with van der Waals surface area (Å²) in [6.45, 7) is 4.01. The summed E-state index contributed by atoms with van der Waals surface area (Å²) in [5.74, 6) is 1.43. The number of anilines is 5. The third-order valence-electron chi connectivity index (χ3n) is 5.52. The first-order valence-electron chi connectivity index (χ1n) is 11.0. The fourth-order valence-corrected chi connectivity index (χ4v) is 3.77. The van der Waals surface area contributed by atoms with Gasteiger partial charge in [-0.05, 0) is 68.7 Å². The summed E-state index contributed by atoms with van der Waals surface area (Å²) in [5.41, 5.74) is 4.19. The number of nitrogens with zero attached hydrogens (tertiary/aromatic N) is 4. The van der Waals surface area contributed by atoms with Crippen molar-refractivity contribution < 1.29 is 4.79 Å². The second-order valence-corrected chi connectivity index (χ2v) is 8.34. The summed E-state index contributed by atoms with van der Waals surface area (Å²) in [5, 5.41) is 6.32. The molecule has 1 saturated heterocycles. The highest BCUT2D eigenvalue weighted by atomic mass is 16.1. The average molecular weight is 431 g/mol. The van der Waals surface area contributed by atoms with Gasteiger partial charge in [0.1, 0.15) is 5.82 Å². The van der Waals surface area contributed by atoms with Crippen LogP contribution in [-0.2, 0) is 0 Å². The lowest BCUT2D eigenvalue weighted by Gasteiger charge is -2.27. The van der Waals surface area contributed by atoms with E-state index >= 15 is 0 Å². The first-order valence-corrected chi connectivity index (χ1v) is 11.0. The molecule has 0 spiro atoms. The van der Waals surface area contributed by atoms with Crippen LogP contribution >= 0.6 is 0 Å². The summed E-state index contributed by atoms with van der Waals surface area (Å²) in [4.78, 5) is 26.2. The molecule has 1 aliphatic heterocycles. The Morgan fingerprint density at radius 2 is 1.66 bits per heavy atom. The van der Waals surface area contributed by atoms with Gasteiger partial charge in [-0.15, -0.1) is 0 Å². The lowest BCUT2D eigenvalue weighted by atomic mass is 10.1. The Balaban J connectivity index is 1.42. The molecule has 7 nitrogen and oxygen atoms in total. The van der Waals surface area contributed by atoms with E-state index in [9.17, 15) is 4.79 Å². The van der Waals surface area contributed by atoms with Crippen LogP contribution in [0.5, 0.6) is 0 Å². The van der Waals surface area contributed by atoms with E-state index in [0.717, 1.165) is 47.6 Å². The number of rotatable bonds is 6. The molecule has 166 valence electrons. The second kappa shape index (κ2) is 9.68. The third-order valence-corrected chi connectivity index (χ3v) is 5.52. The van der Waals surface area contributed by atoms with Crippen molar-refractivity contribution in [3.05, 3.63) is 65.9 Å². The van der Waals surface area contributed by atoms with Gasteiger partial charge in [0.05, 0.1) is 0 Å². The molecule has 1 aromatic heterocycles. The van der Waals surface area contributed by atoms with Gasteiger partial charge in [-0.2, -0.15) is 4.98 Å². The molecule has 2 aromatic carbocycles. The van der Waals surface area contributed by atoms with Crippen molar-refractivity contribution in [3.63, 3.8) is 0 Å². The molecular weight excluding hydrogens is 400 g/mol. The maximum atomic E-state index is 12.6. The van der Waals surface area contributed by atoms with Crippen LogP contribution < -0.4 is 20.4 Å². The van der Waals surface area contributed by atoms with Crippen LogP contribution in [0, 0.1) is 6.92 Å². The number of hydrogen-bond acceptors (Lipinski definition) is 6. The van der Waals surface area contributed by atoms with E-state index in [-0.39, 0.29) is 5.91 Å². The van der Waals surface area contributed by atoms with Crippen LogP contribution in [0.4, 0.5) is 28.8 Å². The number of aryl methyl sites for hydroxylation is 1. The quantitative estimate of drug-likeness (QED) is 0.583. The Labute approximate surface area is 189 Å². The number of carbonyl (C=O) groups excluding carboxylic acids is 1. The molecule has 1 aliphatic rings. The van der Waals surface area contributed by atoms with Gasteiger partial charge in [0.2, 0.25) is 5.95 Å². The number of benzene rings is 2. The summed E-state index contributed by atoms with van der Waals surface area (Å²) < 4.78 is 0. The molecule has 1 amide bonds. The lowest BCUT2D eigenvalue weighted by Crippen LogP contribution is -2.31. The van der Waals surface area contributed by atoms with Gasteiger partial charge in [-0.3, -0.25) is 4.79 Å². The first-order chi connectivity index (χ1) is 15.5. The van der Waals surface area contributed by atoms with Gasteiger partial charge in [0, 0.05) is 61.6 Å². The van der Waals surface area contributed by atoms with Crippen molar-refractivity contribution >= 4 is 34.7 Å². The van der Waals surface area contributed by atoms with E-state index in [2.05, 4.69) is 20.5 Å². The lowest BCUT2D eigenvalue weighted by molar-refractivity contribution is 0.102. The van der Waals surface area contributed by atoms with Crippen molar-refractivity contribution in [2.24, 2.45) is 0 Å². The van der Waals surface area contributed by atoms with E-state index in [1.165, 1.54) is 19.3 Å². The van der Waals surface area contributed by atoms with Gasteiger partial charge >= 0.3 is 0 Å².